The molecule has 8 heteroatoms. The largest absolute Gasteiger partial charge is 0.390 e. The van der Waals surface area contributed by atoms with Gasteiger partial charge in [0, 0.05) is 11.3 Å². The minimum absolute atomic E-state index is 0.00406. The molecule has 0 spiro atoms. The molecule has 0 unspecified atom stereocenters. The number of nitrogens with zero attached hydrogens (tertiary/aromatic N) is 1. The number of sulfonamides is 1. The van der Waals surface area contributed by atoms with E-state index in [1.807, 2.05) is 6.26 Å². The van der Waals surface area contributed by atoms with Gasteiger partial charge in [-0.25, -0.2) is 13.1 Å². The second-order valence-electron chi connectivity index (χ2n) is 5.20. The number of H-pyrrole nitrogens is 1. The Morgan fingerprint density at radius 3 is 2.65 bits per heavy atom. The topological polar surface area (TPSA) is 95.1 Å². The molecule has 0 bridgehead atoms. The van der Waals surface area contributed by atoms with E-state index in [0.717, 1.165) is 25.7 Å². The molecule has 1 aromatic heterocycles. The van der Waals surface area contributed by atoms with Crippen molar-refractivity contribution < 1.29 is 13.5 Å². The first-order valence-corrected chi connectivity index (χ1v) is 9.34. The van der Waals surface area contributed by atoms with Gasteiger partial charge >= 0.3 is 0 Å². The van der Waals surface area contributed by atoms with E-state index in [1.54, 1.807) is 18.7 Å². The molecule has 0 aliphatic heterocycles. The van der Waals surface area contributed by atoms with E-state index in [-0.39, 0.29) is 15.3 Å². The molecular formula is C12H21N3O3S2. The number of aliphatic hydroxyl groups excluding tert-OH is 1. The molecule has 0 saturated heterocycles. The van der Waals surface area contributed by atoms with E-state index in [0.29, 0.717) is 12.2 Å². The van der Waals surface area contributed by atoms with Gasteiger partial charge in [0.1, 0.15) is 10.6 Å². The van der Waals surface area contributed by atoms with Gasteiger partial charge in [0.25, 0.3) is 0 Å². The lowest BCUT2D eigenvalue weighted by atomic mass is 10.1. The van der Waals surface area contributed by atoms with Crippen LogP contribution in [0.5, 0.6) is 0 Å². The van der Waals surface area contributed by atoms with Crippen molar-refractivity contribution in [2.45, 2.75) is 48.9 Å². The van der Waals surface area contributed by atoms with Gasteiger partial charge in [-0.15, -0.1) is 0 Å². The first kappa shape index (κ1) is 15.8. The number of rotatable bonds is 6. The predicted molar refractivity (Wildman–Crippen MR) is 79.2 cm³/mol. The third-order valence-electron chi connectivity index (χ3n) is 3.91. The highest BCUT2D eigenvalue weighted by Crippen LogP contribution is 2.39. The Bertz CT molecular complexity index is 563. The predicted octanol–water partition coefficient (Wildman–Crippen LogP) is 1.16. The quantitative estimate of drug-likeness (QED) is 0.731. The summed E-state index contributed by atoms with van der Waals surface area (Å²) in [5.41, 5.74) is 0.616. The smallest absolute Gasteiger partial charge is 0.244 e. The molecular weight excluding hydrogens is 298 g/mol. The lowest BCUT2D eigenvalue weighted by molar-refractivity contribution is 0.273. The number of aryl methyl sites for hydroxylation is 1. The van der Waals surface area contributed by atoms with Crippen molar-refractivity contribution >= 4 is 21.8 Å². The molecule has 0 amide bonds. The summed E-state index contributed by atoms with van der Waals surface area (Å²) in [6.07, 6.45) is 6.40. The monoisotopic (exact) mass is 319 g/mol. The fraction of sp³-hybridized carbons (Fsp3) is 0.750. The summed E-state index contributed by atoms with van der Waals surface area (Å²) in [6.45, 7) is 1.67. The first-order valence-electron chi connectivity index (χ1n) is 6.64. The molecule has 1 aliphatic rings. The summed E-state index contributed by atoms with van der Waals surface area (Å²) in [5, 5.41) is 15.6. The van der Waals surface area contributed by atoms with Crippen molar-refractivity contribution in [2.24, 2.45) is 0 Å². The molecule has 114 valence electrons. The standard InChI is InChI=1S/C12H21N3O3S2/c1-9-11(10(7-16)15-14-9)20(17,18)13-8-12(19-2)5-3-4-6-12/h13,16H,3-8H2,1-2H3,(H,14,15). The number of hydrogen-bond donors (Lipinski definition) is 3. The van der Waals surface area contributed by atoms with Crippen LogP contribution in [-0.4, -0.2) is 41.3 Å². The lowest BCUT2D eigenvalue weighted by Gasteiger charge is -2.26. The Morgan fingerprint density at radius 1 is 1.45 bits per heavy atom. The molecule has 0 atom stereocenters. The number of thioether (sulfide) groups is 1. The summed E-state index contributed by atoms with van der Waals surface area (Å²) in [7, 11) is -3.64. The van der Waals surface area contributed by atoms with Gasteiger partial charge < -0.3 is 5.11 Å². The maximum atomic E-state index is 12.4. The molecule has 3 N–H and O–H groups in total. The van der Waals surface area contributed by atoms with Gasteiger partial charge in [0.05, 0.1) is 12.3 Å². The summed E-state index contributed by atoms with van der Waals surface area (Å²) >= 11 is 1.73. The van der Waals surface area contributed by atoms with Crippen LogP contribution in [0.4, 0.5) is 0 Å². The van der Waals surface area contributed by atoms with Crippen LogP contribution in [0.25, 0.3) is 0 Å². The third kappa shape index (κ3) is 3.03. The SMILES string of the molecule is CSC1(CNS(=O)(=O)c2c(CO)n[nH]c2C)CCCC1. The Labute approximate surface area is 123 Å². The summed E-state index contributed by atoms with van der Waals surface area (Å²) in [4.78, 5) is 0.0780. The van der Waals surface area contributed by atoms with Crippen LogP contribution >= 0.6 is 11.8 Å². The molecule has 6 nitrogen and oxygen atoms in total. The first-order chi connectivity index (χ1) is 9.44. The zero-order chi connectivity index (χ0) is 14.8. The zero-order valence-electron chi connectivity index (χ0n) is 11.8. The fourth-order valence-electron chi connectivity index (χ4n) is 2.70. The minimum Gasteiger partial charge on any atom is -0.390 e. The van der Waals surface area contributed by atoms with E-state index in [9.17, 15) is 13.5 Å². The van der Waals surface area contributed by atoms with Crippen LogP contribution in [0.1, 0.15) is 37.1 Å². The van der Waals surface area contributed by atoms with Crippen LogP contribution in [0.2, 0.25) is 0 Å². The minimum atomic E-state index is -3.64. The van der Waals surface area contributed by atoms with E-state index < -0.39 is 16.6 Å². The molecule has 1 saturated carbocycles. The van der Waals surface area contributed by atoms with Gasteiger partial charge in [0.15, 0.2) is 0 Å². The summed E-state index contributed by atoms with van der Waals surface area (Å²) in [5.74, 6) is 0. The van der Waals surface area contributed by atoms with E-state index in [1.165, 1.54) is 0 Å². The highest BCUT2D eigenvalue weighted by Gasteiger charge is 2.35. The van der Waals surface area contributed by atoms with Crippen molar-refractivity contribution in [1.29, 1.82) is 0 Å². The number of nitrogens with one attached hydrogen (secondary N) is 2. The van der Waals surface area contributed by atoms with Crippen molar-refractivity contribution in [3.63, 3.8) is 0 Å². The zero-order valence-corrected chi connectivity index (χ0v) is 13.4. The molecule has 0 radical (unpaired) electrons. The van der Waals surface area contributed by atoms with Gasteiger partial charge in [-0.3, -0.25) is 5.10 Å². The van der Waals surface area contributed by atoms with Gasteiger partial charge in [-0.2, -0.15) is 16.9 Å². The van der Waals surface area contributed by atoms with Crippen molar-refractivity contribution in [1.82, 2.24) is 14.9 Å². The Hall–Kier alpha value is -0.570. The number of aromatic amines is 1. The van der Waals surface area contributed by atoms with Crippen molar-refractivity contribution in [3.8, 4) is 0 Å². The lowest BCUT2D eigenvalue weighted by Crippen LogP contribution is -2.38. The van der Waals surface area contributed by atoms with Crippen LogP contribution < -0.4 is 4.72 Å². The van der Waals surface area contributed by atoms with Gasteiger partial charge in [-0.05, 0) is 26.0 Å². The molecule has 2 rings (SSSR count). The summed E-state index contributed by atoms with van der Waals surface area (Å²) in [6, 6.07) is 0. The van der Waals surface area contributed by atoms with Crippen molar-refractivity contribution in [2.75, 3.05) is 12.8 Å². The Balaban J connectivity index is 2.17. The third-order valence-corrected chi connectivity index (χ3v) is 6.93. The van der Waals surface area contributed by atoms with E-state index in [4.69, 9.17) is 0 Å². The van der Waals surface area contributed by atoms with Crippen LogP contribution in [0, 0.1) is 6.92 Å². The fourth-order valence-corrected chi connectivity index (χ4v) is 5.19. The highest BCUT2D eigenvalue weighted by molar-refractivity contribution is 8.00. The average Bonchev–Trinajstić information content (AvgIpc) is 3.04. The molecule has 1 aromatic rings. The van der Waals surface area contributed by atoms with E-state index >= 15 is 0 Å². The molecule has 0 aromatic carbocycles. The molecule has 1 aliphatic carbocycles. The van der Waals surface area contributed by atoms with Gasteiger partial charge in [-0.1, -0.05) is 12.8 Å². The molecule has 20 heavy (non-hydrogen) atoms. The van der Waals surface area contributed by atoms with Crippen molar-refractivity contribution in [3.05, 3.63) is 11.4 Å². The maximum absolute atomic E-state index is 12.4. The van der Waals surface area contributed by atoms with Gasteiger partial charge in [0.2, 0.25) is 10.0 Å². The number of aromatic nitrogens is 2. The number of hydrogen-bond acceptors (Lipinski definition) is 5. The second kappa shape index (κ2) is 6.05. The summed E-state index contributed by atoms with van der Waals surface area (Å²) < 4.78 is 27.5. The molecule has 1 heterocycles. The normalized spacial score (nSPS) is 18.6. The second-order valence-corrected chi connectivity index (χ2v) is 8.18. The molecule has 1 fully saturated rings. The van der Waals surface area contributed by atoms with Crippen LogP contribution in [0.3, 0.4) is 0 Å². The van der Waals surface area contributed by atoms with E-state index in [2.05, 4.69) is 14.9 Å². The van der Waals surface area contributed by atoms with Crippen LogP contribution in [0.15, 0.2) is 4.90 Å². The number of aliphatic hydroxyl groups is 1. The maximum Gasteiger partial charge on any atom is 0.244 e. The Morgan fingerprint density at radius 2 is 2.10 bits per heavy atom. The Kier molecular flexibility index (Phi) is 4.78. The average molecular weight is 319 g/mol. The van der Waals surface area contributed by atoms with Crippen LogP contribution in [-0.2, 0) is 16.6 Å². The highest BCUT2D eigenvalue weighted by atomic mass is 32.2.